The molecule has 162 valence electrons. The van der Waals surface area contributed by atoms with Gasteiger partial charge >= 0.3 is 0 Å². The molecule has 27 heavy (non-hydrogen) atoms. The molecule has 4 unspecified atom stereocenters. The zero-order valence-corrected chi connectivity index (χ0v) is 20.7. The molecule has 4 atom stereocenters. The van der Waals surface area contributed by atoms with E-state index >= 15 is 0 Å². The third-order valence-corrected chi connectivity index (χ3v) is 7.52. The Bertz CT molecular complexity index is 391. The first kappa shape index (κ1) is 26.7. The van der Waals surface area contributed by atoms with Crippen molar-refractivity contribution < 1.29 is 0 Å². The van der Waals surface area contributed by atoms with E-state index in [9.17, 15) is 0 Å². The third kappa shape index (κ3) is 8.74. The molecule has 0 fully saturated rings. The monoisotopic (exact) mass is 378 g/mol. The molecule has 0 aliphatic heterocycles. The fourth-order valence-corrected chi connectivity index (χ4v) is 5.51. The van der Waals surface area contributed by atoms with Crippen molar-refractivity contribution in [1.29, 1.82) is 0 Å². The van der Waals surface area contributed by atoms with E-state index in [0.29, 0.717) is 5.41 Å². The van der Waals surface area contributed by atoms with Crippen LogP contribution in [0.5, 0.6) is 0 Å². The number of hydrogen-bond acceptors (Lipinski definition) is 0. The van der Waals surface area contributed by atoms with E-state index in [4.69, 9.17) is 0 Å². The summed E-state index contributed by atoms with van der Waals surface area (Å²) in [7, 11) is 0. The van der Waals surface area contributed by atoms with Gasteiger partial charge in [0.15, 0.2) is 0 Å². The second-order valence-corrected chi connectivity index (χ2v) is 9.60. The van der Waals surface area contributed by atoms with Crippen molar-refractivity contribution in [2.75, 3.05) is 0 Å². The van der Waals surface area contributed by atoms with E-state index in [1.165, 1.54) is 77.0 Å². The first-order valence-corrected chi connectivity index (χ1v) is 12.5. The zero-order chi connectivity index (χ0) is 20.9. The Morgan fingerprint density at radius 1 is 0.815 bits per heavy atom. The summed E-state index contributed by atoms with van der Waals surface area (Å²) in [6.45, 7) is 21.8. The van der Waals surface area contributed by atoms with Gasteiger partial charge < -0.3 is 0 Å². The predicted octanol–water partition coefficient (Wildman–Crippen LogP) is 9.98. The molecule has 0 saturated heterocycles. The zero-order valence-electron chi connectivity index (χ0n) is 20.7. The number of hydrogen-bond donors (Lipinski definition) is 0. The standard InChI is InChI=1S/C27H54/c1-10-16-18-24(21-25(22(7)13-4)23(8)14-5)26(15-6)27(9,19-12-3)20-17-11-2/h22,24,26H,10-21H2,1-9H3. The van der Waals surface area contributed by atoms with Crippen LogP contribution in [-0.2, 0) is 0 Å². The molecule has 0 nitrogen and oxygen atoms in total. The van der Waals surface area contributed by atoms with E-state index in [1.807, 2.05) is 0 Å². The molecule has 0 aliphatic carbocycles. The summed E-state index contributed by atoms with van der Waals surface area (Å²) < 4.78 is 0. The Hall–Kier alpha value is -0.260. The van der Waals surface area contributed by atoms with Gasteiger partial charge in [0, 0.05) is 0 Å². The second kappa shape index (κ2) is 14.7. The first-order valence-electron chi connectivity index (χ1n) is 12.5. The number of rotatable bonds is 16. The summed E-state index contributed by atoms with van der Waals surface area (Å²) in [6.07, 6.45) is 16.3. The maximum atomic E-state index is 2.64. The molecule has 0 N–H and O–H groups in total. The molecule has 0 heteroatoms. The fraction of sp³-hybridized carbons (Fsp3) is 0.926. The Morgan fingerprint density at radius 2 is 1.44 bits per heavy atom. The van der Waals surface area contributed by atoms with Gasteiger partial charge in [0.1, 0.15) is 0 Å². The van der Waals surface area contributed by atoms with Gasteiger partial charge in [-0.05, 0) is 68.6 Å². The molecule has 0 aromatic heterocycles. The van der Waals surface area contributed by atoms with Crippen molar-refractivity contribution in [3.63, 3.8) is 0 Å². The Morgan fingerprint density at radius 3 is 1.89 bits per heavy atom. The Balaban J connectivity index is 5.81. The lowest BCUT2D eigenvalue weighted by atomic mass is 9.62. The van der Waals surface area contributed by atoms with Gasteiger partial charge in [0.25, 0.3) is 0 Å². The summed E-state index contributed by atoms with van der Waals surface area (Å²) >= 11 is 0. The van der Waals surface area contributed by atoms with Gasteiger partial charge in [-0.25, -0.2) is 0 Å². The highest BCUT2D eigenvalue weighted by Crippen LogP contribution is 2.47. The van der Waals surface area contributed by atoms with Crippen LogP contribution >= 0.6 is 0 Å². The largest absolute Gasteiger partial charge is 0.0741 e. The van der Waals surface area contributed by atoms with E-state index < -0.39 is 0 Å². The number of allylic oxidation sites excluding steroid dienone is 2. The van der Waals surface area contributed by atoms with E-state index in [2.05, 4.69) is 62.3 Å². The second-order valence-electron chi connectivity index (χ2n) is 9.60. The van der Waals surface area contributed by atoms with Crippen LogP contribution in [-0.4, -0.2) is 0 Å². The van der Waals surface area contributed by atoms with Gasteiger partial charge in [0.2, 0.25) is 0 Å². The molecular weight excluding hydrogens is 324 g/mol. The highest BCUT2D eigenvalue weighted by Gasteiger charge is 2.37. The minimum absolute atomic E-state index is 0.526. The molecule has 0 bridgehead atoms. The summed E-state index contributed by atoms with van der Waals surface area (Å²) in [5.41, 5.74) is 4.00. The molecule has 0 amide bonds. The number of unbranched alkanes of at least 4 members (excludes halogenated alkanes) is 2. The normalized spacial score (nSPS) is 18.6. The summed E-state index contributed by atoms with van der Waals surface area (Å²) in [6, 6.07) is 0. The van der Waals surface area contributed by atoms with E-state index in [1.54, 1.807) is 11.1 Å². The van der Waals surface area contributed by atoms with Crippen molar-refractivity contribution >= 4 is 0 Å². The predicted molar refractivity (Wildman–Crippen MR) is 126 cm³/mol. The quantitative estimate of drug-likeness (QED) is 0.234. The van der Waals surface area contributed by atoms with Crippen molar-refractivity contribution in [2.45, 2.75) is 139 Å². The molecule has 0 heterocycles. The minimum atomic E-state index is 0.526. The highest BCUT2D eigenvalue weighted by molar-refractivity contribution is 5.16. The van der Waals surface area contributed by atoms with Crippen molar-refractivity contribution in [2.24, 2.45) is 23.2 Å². The van der Waals surface area contributed by atoms with Gasteiger partial charge in [-0.15, -0.1) is 0 Å². The third-order valence-electron chi connectivity index (χ3n) is 7.52. The molecule has 0 radical (unpaired) electrons. The summed E-state index contributed by atoms with van der Waals surface area (Å²) in [5.74, 6) is 2.49. The average Bonchev–Trinajstić information content (AvgIpc) is 2.67. The fourth-order valence-electron chi connectivity index (χ4n) is 5.51. The van der Waals surface area contributed by atoms with Crippen LogP contribution in [0.4, 0.5) is 0 Å². The van der Waals surface area contributed by atoms with Gasteiger partial charge in [-0.2, -0.15) is 0 Å². The molecule has 0 spiro atoms. The summed E-state index contributed by atoms with van der Waals surface area (Å²) in [4.78, 5) is 0. The minimum Gasteiger partial charge on any atom is -0.0741 e. The van der Waals surface area contributed by atoms with Crippen LogP contribution in [0.3, 0.4) is 0 Å². The molecular formula is C27H54. The lowest BCUT2D eigenvalue weighted by Gasteiger charge is -2.43. The van der Waals surface area contributed by atoms with Gasteiger partial charge in [-0.1, -0.05) is 105 Å². The average molecular weight is 379 g/mol. The lowest BCUT2D eigenvalue weighted by molar-refractivity contribution is 0.0793. The Labute approximate surface area is 174 Å². The van der Waals surface area contributed by atoms with Crippen LogP contribution in [0, 0.1) is 23.2 Å². The van der Waals surface area contributed by atoms with Gasteiger partial charge in [-0.3, -0.25) is 0 Å². The van der Waals surface area contributed by atoms with E-state index in [-0.39, 0.29) is 0 Å². The van der Waals surface area contributed by atoms with Gasteiger partial charge in [0.05, 0.1) is 0 Å². The van der Waals surface area contributed by atoms with E-state index in [0.717, 1.165) is 17.8 Å². The van der Waals surface area contributed by atoms with Crippen LogP contribution < -0.4 is 0 Å². The maximum Gasteiger partial charge on any atom is -0.0232 e. The molecule has 0 saturated carbocycles. The smallest absolute Gasteiger partial charge is 0.0232 e. The summed E-state index contributed by atoms with van der Waals surface area (Å²) in [5, 5.41) is 0. The molecule has 0 aromatic carbocycles. The lowest BCUT2D eigenvalue weighted by Crippen LogP contribution is -2.34. The highest BCUT2D eigenvalue weighted by atomic mass is 14.4. The van der Waals surface area contributed by atoms with Crippen molar-refractivity contribution in [3.8, 4) is 0 Å². The van der Waals surface area contributed by atoms with Crippen LogP contribution in [0.1, 0.15) is 139 Å². The van der Waals surface area contributed by atoms with Crippen molar-refractivity contribution in [3.05, 3.63) is 11.1 Å². The van der Waals surface area contributed by atoms with Crippen LogP contribution in [0.15, 0.2) is 11.1 Å². The maximum absolute atomic E-state index is 2.64. The van der Waals surface area contributed by atoms with Crippen LogP contribution in [0.2, 0.25) is 0 Å². The first-order chi connectivity index (χ1) is 12.8. The van der Waals surface area contributed by atoms with Crippen LogP contribution in [0.25, 0.3) is 0 Å². The molecule has 0 rings (SSSR count). The van der Waals surface area contributed by atoms with Crippen molar-refractivity contribution in [1.82, 2.24) is 0 Å². The molecule has 0 aromatic rings. The molecule has 0 aliphatic rings. The topological polar surface area (TPSA) is 0 Å². The Kier molecular flexibility index (Phi) is 14.6. The SMILES string of the molecule is CCCCC(CC(=C(C)CC)C(C)CC)C(CC)C(C)(CCC)CCCC.